The molecule has 2 unspecified atom stereocenters. The highest BCUT2D eigenvalue weighted by Crippen LogP contribution is 2.25. The maximum atomic E-state index is 15.0. The number of piperidine rings is 1. The van der Waals surface area contributed by atoms with Gasteiger partial charge in [0.1, 0.15) is 5.82 Å². The molecule has 2 aliphatic heterocycles. The zero-order valence-electron chi connectivity index (χ0n) is 21.8. The SMILES string of the molecule is O=C(c1ccc(CN(C(=O)Cc2ccc(-c3ccc(F)c(F)c3)cc2F)C2C=CS(=O)C2)cc1)N1CCCCC1. The third kappa shape index (κ3) is 6.36. The zero-order chi connectivity index (χ0) is 28.2. The Morgan fingerprint density at radius 3 is 2.15 bits per heavy atom. The van der Waals surface area contributed by atoms with Crippen LogP contribution in [-0.4, -0.2) is 50.7 Å². The van der Waals surface area contributed by atoms with Crippen LogP contribution in [0.4, 0.5) is 13.2 Å². The summed E-state index contributed by atoms with van der Waals surface area (Å²) in [7, 11) is -1.20. The van der Waals surface area contributed by atoms with Gasteiger partial charge < -0.3 is 9.80 Å². The number of carbonyl (C=O) groups is 2. The van der Waals surface area contributed by atoms with Crippen LogP contribution in [0.1, 0.15) is 40.7 Å². The van der Waals surface area contributed by atoms with Crippen LogP contribution < -0.4 is 0 Å². The van der Waals surface area contributed by atoms with Gasteiger partial charge in [0.15, 0.2) is 11.6 Å². The van der Waals surface area contributed by atoms with Gasteiger partial charge in [-0.3, -0.25) is 13.8 Å². The molecule has 3 aromatic carbocycles. The van der Waals surface area contributed by atoms with Gasteiger partial charge in [-0.05, 0) is 71.8 Å². The lowest BCUT2D eigenvalue weighted by Crippen LogP contribution is -2.41. The molecule has 2 amide bonds. The molecule has 5 rings (SSSR count). The van der Waals surface area contributed by atoms with E-state index in [2.05, 4.69) is 0 Å². The number of carbonyl (C=O) groups excluding carboxylic acids is 2. The molecule has 0 spiro atoms. The molecule has 2 atom stereocenters. The van der Waals surface area contributed by atoms with Crippen LogP contribution >= 0.6 is 0 Å². The van der Waals surface area contributed by atoms with E-state index in [1.165, 1.54) is 18.2 Å². The lowest BCUT2D eigenvalue weighted by molar-refractivity contribution is -0.132. The smallest absolute Gasteiger partial charge is 0.253 e. The van der Waals surface area contributed by atoms with Crippen molar-refractivity contribution >= 4 is 22.6 Å². The van der Waals surface area contributed by atoms with Gasteiger partial charge in [-0.15, -0.1) is 0 Å². The summed E-state index contributed by atoms with van der Waals surface area (Å²) in [4.78, 5) is 29.7. The first-order valence-corrected chi connectivity index (χ1v) is 14.6. The molecule has 0 aromatic heterocycles. The summed E-state index contributed by atoms with van der Waals surface area (Å²) in [5, 5.41) is 1.56. The van der Waals surface area contributed by atoms with Crippen molar-refractivity contribution < 1.29 is 27.0 Å². The quantitative estimate of drug-likeness (QED) is 0.374. The lowest BCUT2D eigenvalue weighted by Gasteiger charge is -2.28. The first-order valence-electron chi connectivity index (χ1n) is 13.3. The molecule has 0 saturated carbocycles. The van der Waals surface area contributed by atoms with E-state index in [1.807, 2.05) is 17.0 Å². The fraction of sp³-hybridized carbons (Fsp3) is 0.290. The maximum absolute atomic E-state index is 15.0. The monoisotopic (exact) mass is 566 g/mol. The second kappa shape index (κ2) is 12.2. The average Bonchev–Trinajstić information content (AvgIpc) is 3.40. The maximum Gasteiger partial charge on any atom is 0.253 e. The van der Waals surface area contributed by atoms with Gasteiger partial charge in [0.2, 0.25) is 5.91 Å². The molecule has 40 heavy (non-hydrogen) atoms. The average molecular weight is 567 g/mol. The van der Waals surface area contributed by atoms with Crippen LogP contribution in [0.2, 0.25) is 0 Å². The van der Waals surface area contributed by atoms with Crippen molar-refractivity contribution in [3.8, 4) is 11.1 Å². The van der Waals surface area contributed by atoms with Crippen molar-refractivity contribution in [1.82, 2.24) is 9.80 Å². The van der Waals surface area contributed by atoms with Crippen LogP contribution in [0, 0.1) is 17.5 Å². The number of halogens is 3. The normalized spacial score (nSPS) is 18.6. The summed E-state index contributed by atoms with van der Waals surface area (Å²) in [6.07, 6.45) is 4.64. The highest BCUT2D eigenvalue weighted by molar-refractivity contribution is 7.88. The van der Waals surface area contributed by atoms with Crippen LogP contribution in [0.15, 0.2) is 72.1 Å². The van der Waals surface area contributed by atoms with E-state index in [1.54, 1.807) is 34.6 Å². The summed E-state index contributed by atoms with van der Waals surface area (Å²) in [6, 6.07) is 14.3. The van der Waals surface area contributed by atoms with E-state index in [0.29, 0.717) is 16.7 Å². The minimum Gasteiger partial charge on any atom is -0.339 e. The molecule has 2 aliphatic rings. The molecule has 0 N–H and O–H groups in total. The van der Waals surface area contributed by atoms with Gasteiger partial charge in [0, 0.05) is 41.4 Å². The van der Waals surface area contributed by atoms with Gasteiger partial charge in [-0.25, -0.2) is 13.2 Å². The van der Waals surface area contributed by atoms with Gasteiger partial charge in [0.05, 0.1) is 18.2 Å². The van der Waals surface area contributed by atoms with E-state index >= 15 is 4.39 Å². The predicted molar refractivity (Wildman–Crippen MR) is 148 cm³/mol. The molecule has 2 heterocycles. The van der Waals surface area contributed by atoms with Crippen molar-refractivity contribution in [2.24, 2.45) is 0 Å². The third-order valence-electron chi connectivity index (χ3n) is 7.35. The van der Waals surface area contributed by atoms with Crippen molar-refractivity contribution in [3.05, 3.63) is 106 Å². The minimum atomic E-state index is -1.20. The molecule has 0 bridgehead atoms. The molecule has 3 aromatic rings. The molecule has 1 saturated heterocycles. The van der Waals surface area contributed by atoms with Crippen molar-refractivity contribution in [2.75, 3.05) is 18.8 Å². The number of likely N-dealkylation sites (tertiary alicyclic amines) is 1. The molecule has 0 radical (unpaired) electrons. The Hall–Kier alpha value is -3.72. The van der Waals surface area contributed by atoms with E-state index in [9.17, 15) is 22.6 Å². The highest BCUT2D eigenvalue weighted by atomic mass is 32.2. The van der Waals surface area contributed by atoms with Crippen molar-refractivity contribution in [3.63, 3.8) is 0 Å². The van der Waals surface area contributed by atoms with Gasteiger partial charge >= 0.3 is 0 Å². The van der Waals surface area contributed by atoms with E-state index in [4.69, 9.17) is 0 Å². The topological polar surface area (TPSA) is 57.7 Å². The Labute approximate surface area is 233 Å². The first kappa shape index (κ1) is 27.8. The Kier molecular flexibility index (Phi) is 8.49. The number of nitrogens with zero attached hydrogens (tertiary/aromatic N) is 2. The molecule has 0 aliphatic carbocycles. The summed E-state index contributed by atoms with van der Waals surface area (Å²) in [6.45, 7) is 1.72. The van der Waals surface area contributed by atoms with Gasteiger partial charge in [-0.2, -0.15) is 0 Å². The fourth-order valence-electron chi connectivity index (χ4n) is 5.08. The summed E-state index contributed by atoms with van der Waals surface area (Å²) in [5.41, 5.74) is 2.22. The van der Waals surface area contributed by atoms with Crippen LogP contribution in [0.3, 0.4) is 0 Å². The second-order valence-electron chi connectivity index (χ2n) is 10.1. The molecule has 1 fully saturated rings. The largest absolute Gasteiger partial charge is 0.339 e. The van der Waals surface area contributed by atoms with Crippen LogP contribution in [0.25, 0.3) is 11.1 Å². The second-order valence-corrected chi connectivity index (χ2v) is 11.5. The third-order valence-corrected chi connectivity index (χ3v) is 8.48. The van der Waals surface area contributed by atoms with Crippen LogP contribution in [-0.2, 0) is 28.6 Å². The lowest BCUT2D eigenvalue weighted by atomic mass is 10.0. The van der Waals surface area contributed by atoms with Crippen molar-refractivity contribution in [2.45, 2.75) is 38.3 Å². The Morgan fingerprint density at radius 1 is 0.850 bits per heavy atom. The standard InChI is InChI=1S/C31H29F3N2O3S/c32-27-11-10-24(17-29(27)34)23-8-9-25(28(33)16-23)18-30(37)36(26-12-15-40(39)20-26)19-21-4-6-22(7-5-21)31(38)35-13-2-1-3-14-35/h4-12,15-17,26H,1-3,13-14,18-20H2. The molecule has 5 nitrogen and oxygen atoms in total. The minimum absolute atomic E-state index is 0.00407. The van der Waals surface area contributed by atoms with Gasteiger partial charge in [-0.1, -0.05) is 36.4 Å². The van der Waals surface area contributed by atoms with E-state index in [-0.39, 0.29) is 36.1 Å². The number of hydrogen-bond donors (Lipinski definition) is 0. The molecular weight excluding hydrogens is 537 g/mol. The van der Waals surface area contributed by atoms with Gasteiger partial charge in [0.25, 0.3) is 5.91 Å². The molecule has 208 valence electrons. The highest BCUT2D eigenvalue weighted by Gasteiger charge is 2.28. The first-order chi connectivity index (χ1) is 19.3. The summed E-state index contributed by atoms with van der Waals surface area (Å²) >= 11 is 0. The Bertz CT molecular complexity index is 1470. The van der Waals surface area contributed by atoms with Crippen molar-refractivity contribution in [1.29, 1.82) is 0 Å². The molecular formula is C31H29F3N2O3S. The van der Waals surface area contributed by atoms with E-state index < -0.39 is 34.3 Å². The predicted octanol–water partition coefficient (Wildman–Crippen LogP) is 5.61. The number of amides is 2. The zero-order valence-corrected chi connectivity index (χ0v) is 22.6. The Balaban J connectivity index is 1.31. The Morgan fingerprint density at radius 2 is 1.52 bits per heavy atom. The van der Waals surface area contributed by atoms with Crippen LogP contribution in [0.5, 0.6) is 0 Å². The summed E-state index contributed by atoms with van der Waals surface area (Å²) in [5.74, 6) is -2.75. The fourth-order valence-corrected chi connectivity index (χ4v) is 6.18. The number of benzene rings is 3. The number of rotatable bonds is 7. The van der Waals surface area contributed by atoms with E-state index in [0.717, 1.165) is 50.0 Å². The summed E-state index contributed by atoms with van der Waals surface area (Å²) < 4.78 is 54.0. The number of hydrogen-bond acceptors (Lipinski definition) is 3. The molecule has 9 heteroatoms.